The van der Waals surface area contributed by atoms with Gasteiger partial charge in [-0.2, -0.15) is 0 Å². The molecular weight excluding hydrogens is 589 g/mol. The summed E-state index contributed by atoms with van der Waals surface area (Å²) >= 11 is 9.08. The van der Waals surface area contributed by atoms with Crippen molar-refractivity contribution in [1.82, 2.24) is 4.90 Å². The maximum Gasteiger partial charge on any atom is 0.341 e. The summed E-state index contributed by atoms with van der Waals surface area (Å²) in [6.45, 7) is -0.449. The van der Waals surface area contributed by atoms with Gasteiger partial charge >= 0.3 is 5.97 Å². The van der Waals surface area contributed by atoms with Gasteiger partial charge in [-0.1, -0.05) is 11.6 Å². The molecule has 0 bridgehead atoms. The average molecular weight is 604 g/mol. The van der Waals surface area contributed by atoms with E-state index in [9.17, 15) is 14.4 Å². The monoisotopic (exact) mass is 603 g/mol. The Morgan fingerprint density at radius 1 is 1.27 bits per heavy atom. The number of carboxylic acids is 1. The van der Waals surface area contributed by atoms with Crippen LogP contribution in [0.25, 0.3) is 6.08 Å². The van der Waals surface area contributed by atoms with Crippen LogP contribution in [0.1, 0.15) is 11.1 Å². The number of ether oxygens (including phenoxy) is 4. The Labute approximate surface area is 210 Å². The number of methoxy groups -OCH3 is 1. The molecule has 1 N–H and O–H groups in total. The van der Waals surface area contributed by atoms with Crippen LogP contribution in [0, 0.1) is 3.57 Å². The van der Waals surface area contributed by atoms with E-state index in [-0.39, 0.29) is 24.0 Å². The third-order valence-electron chi connectivity index (χ3n) is 4.63. The van der Waals surface area contributed by atoms with Gasteiger partial charge in [-0.25, -0.2) is 4.79 Å². The smallest absolute Gasteiger partial charge is 0.341 e. The van der Waals surface area contributed by atoms with Gasteiger partial charge in [-0.05, 0) is 69.8 Å². The fraction of sp³-hybridized carbons (Fsp3) is 0.190. The predicted octanol–water partition coefficient (Wildman–Crippen LogP) is 4.38. The number of amides is 2. The van der Waals surface area contributed by atoms with Crippen LogP contribution < -0.4 is 18.9 Å². The van der Waals surface area contributed by atoms with Crippen molar-refractivity contribution in [3.63, 3.8) is 0 Å². The molecule has 4 rings (SSSR count). The van der Waals surface area contributed by atoms with E-state index in [4.69, 9.17) is 35.7 Å². The zero-order valence-corrected chi connectivity index (χ0v) is 20.7. The maximum atomic E-state index is 12.9. The van der Waals surface area contributed by atoms with Gasteiger partial charge in [0.15, 0.2) is 29.6 Å². The molecule has 2 amide bonds. The first-order valence-corrected chi connectivity index (χ1v) is 11.6. The second-order valence-electron chi connectivity index (χ2n) is 6.78. The Morgan fingerprint density at radius 3 is 2.70 bits per heavy atom. The summed E-state index contributed by atoms with van der Waals surface area (Å²) in [6.07, 6.45) is 1.57. The molecule has 9 nitrogen and oxygen atoms in total. The van der Waals surface area contributed by atoms with Crippen LogP contribution in [0.4, 0.5) is 4.79 Å². The number of carboxylic acid groups (broad SMARTS) is 1. The molecular formula is C21H15ClINO8S. The zero-order chi connectivity index (χ0) is 23.7. The van der Waals surface area contributed by atoms with Crippen molar-refractivity contribution in [1.29, 1.82) is 0 Å². The molecule has 0 radical (unpaired) electrons. The second kappa shape index (κ2) is 9.69. The highest BCUT2D eigenvalue weighted by molar-refractivity contribution is 14.1. The van der Waals surface area contributed by atoms with E-state index >= 15 is 0 Å². The molecule has 0 spiro atoms. The van der Waals surface area contributed by atoms with Crippen molar-refractivity contribution in [2.45, 2.75) is 6.54 Å². The predicted molar refractivity (Wildman–Crippen MR) is 128 cm³/mol. The Balaban J connectivity index is 1.57. The van der Waals surface area contributed by atoms with Gasteiger partial charge in [-0.3, -0.25) is 14.5 Å². The van der Waals surface area contributed by atoms with Gasteiger partial charge in [0.2, 0.25) is 6.79 Å². The first kappa shape index (κ1) is 23.5. The Hall–Kier alpha value is -2.64. The molecule has 2 heterocycles. The van der Waals surface area contributed by atoms with Crippen LogP contribution in [-0.2, 0) is 16.1 Å². The molecule has 0 atom stereocenters. The molecule has 0 unspecified atom stereocenters. The maximum absolute atomic E-state index is 12.9. The zero-order valence-electron chi connectivity index (χ0n) is 16.9. The first-order valence-electron chi connectivity index (χ1n) is 9.32. The van der Waals surface area contributed by atoms with Crippen molar-refractivity contribution in [3.05, 3.63) is 48.9 Å². The fourth-order valence-corrected chi connectivity index (χ4v) is 4.97. The van der Waals surface area contributed by atoms with Crippen molar-refractivity contribution >= 4 is 69.1 Å². The van der Waals surface area contributed by atoms with E-state index in [1.807, 2.05) is 22.6 Å². The number of carbonyl (C=O) groups excluding carboxylic acids is 2. The van der Waals surface area contributed by atoms with Gasteiger partial charge in [0.1, 0.15) is 0 Å². The van der Waals surface area contributed by atoms with E-state index in [1.54, 1.807) is 30.3 Å². The minimum Gasteiger partial charge on any atom is -0.493 e. The number of hydrogen-bond donors (Lipinski definition) is 1. The number of halogens is 2. The van der Waals surface area contributed by atoms with Gasteiger partial charge < -0.3 is 24.1 Å². The third kappa shape index (κ3) is 4.99. The van der Waals surface area contributed by atoms with Crippen LogP contribution in [0.5, 0.6) is 23.0 Å². The third-order valence-corrected chi connectivity index (χ3v) is 6.69. The number of carbonyl (C=O) groups is 3. The number of hydrogen-bond acceptors (Lipinski definition) is 8. The summed E-state index contributed by atoms with van der Waals surface area (Å²) in [4.78, 5) is 37.6. The molecule has 0 saturated carbocycles. The van der Waals surface area contributed by atoms with Gasteiger partial charge in [0, 0.05) is 11.1 Å². The minimum absolute atomic E-state index is 0.0136. The minimum atomic E-state index is -1.12. The summed E-state index contributed by atoms with van der Waals surface area (Å²) in [5, 5.41) is 8.78. The second-order valence-corrected chi connectivity index (χ2v) is 9.34. The topological polar surface area (TPSA) is 112 Å². The summed E-state index contributed by atoms with van der Waals surface area (Å²) in [5.74, 6) is 0.0250. The number of imide groups is 1. The molecule has 0 aromatic heterocycles. The van der Waals surface area contributed by atoms with E-state index in [0.29, 0.717) is 37.0 Å². The van der Waals surface area contributed by atoms with Crippen molar-refractivity contribution < 1.29 is 38.4 Å². The summed E-state index contributed by atoms with van der Waals surface area (Å²) < 4.78 is 21.8. The molecule has 2 aliphatic heterocycles. The average Bonchev–Trinajstić information content (AvgIpc) is 3.31. The Bertz CT molecular complexity index is 1200. The lowest BCUT2D eigenvalue weighted by molar-refractivity contribution is -0.139. The number of thioether (sulfide) groups is 1. The lowest BCUT2D eigenvalue weighted by Crippen LogP contribution is -2.27. The molecule has 0 aliphatic carbocycles. The Kier molecular flexibility index (Phi) is 6.91. The van der Waals surface area contributed by atoms with Crippen LogP contribution in [0.2, 0.25) is 5.02 Å². The van der Waals surface area contributed by atoms with Crippen LogP contribution >= 0.6 is 46.0 Å². The first-order chi connectivity index (χ1) is 15.8. The largest absolute Gasteiger partial charge is 0.493 e. The van der Waals surface area contributed by atoms with Crippen LogP contribution in [-0.4, -0.2) is 47.6 Å². The lowest BCUT2D eigenvalue weighted by Gasteiger charge is -2.14. The molecule has 12 heteroatoms. The number of fused-ring (bicyclic) bond motifs is 1. The van der Waals surface area contributed by atoms with Gasteiger partial charge in [0.25, 0.3) is 11.1 Å². The molecule has 1 fully saturated rings. The highest BCUT2D eigenvalue weighted by atomic mass is 127. The van der Waals surface area contributed by atoms with Crippen molar-refractivity contribution in [2.75, 3.05) is 20.5 Å². The number of nitrogens with zero attached hydrogens (tertiary/aromatic N) is 1. The number of benzene rings is 2. The highest BCUT2D eigenvalue weighted by Gasteiger charge is 2.36. The quantitative estimate of drug-likeness (QED) is 0.364. The highest BCUT2D eigenvalue weighted by Crippen LogP contribution is 2.40. The van der Waals surface area contributed by atoms with E-state index in [2.05, 4.69) is 0 Å². The normalized spacial score (nSPS) is 16.0. The van der Waals surface area contributed by atoms with E-state index in [0.717, 1.165) is 16.7 Å². The SMILES string of the molecule is COc1cc(/C=C2\SC(=O)N(Cc3cc4c(cc3Cl)OCO4)C2=O)cc(I)c1OCC(=O)O. The summed E-state index contributed by atoms with van der Waals surface area (Å²) in [7, 11) is 1.42. The summed E-state index contributed by atoms with van der Waals surface area (Å²) in [5.41, 5.74) is 1.14. The van der Waals surface area contributed by atoms with Gasteiger partial charge in [-0.15, -0.1) is 0 Å². The molecule has 172 valence electrons. The molecule has 1 saturated heterocycles. The van der Waals surface area contributed by atoms with Gasteiger partial charge in [0.05, 0.1) is 22.1 Å². The van der Waals surface area contributed by atoms with E-state index < -0.39 is 23.7 Å². The molecule has 2 aromatic rings. The van der Waals surface area contributed by atoms with Crippen molar-refractivity contribution in [2.24, 2.45) is 0 Å². The fourth-order valence-electron chi connectivity index (χ4n) is 3.14. The van der Waals surface area contributed by atoms with Crippen LogP contribution in [0.3, 0.4) is 0 Å². The number of aliphatic carboxylic acids is 1. The molecule has 2 aromatic carbocycles. The lowest BCUT2D eigenvalue weighted by atomic mass is 10.1. The molecule has 2 aliphatic rings. The number of rotatable bonds is 7. The van der Waals surface area contributed by atoms with Crippen molar-refractivity contribution in [3.8, 4) is 23.0 Å². The van der Waals surface area contributed by atoms with E-state index in [1.165, 1.54) is 7.11 Å². The Morgan fingerprint density at radius 2 is 2.00 bits per heavy atom. The standard InChI is InChI=1S/C21H15ClINO8S/c1-29-16-3-10(2-13(23)19(16)30-8-18(25)26)4-17-20(27)24(21(28)33-17)7-11-5-14-15(6-12(11)22)32-9-31-14/h2-6H,7-9H2,1H3,(H,25,26)/b17-4-. The molecule has 33 heavy (non-hydrogen) atoms. The van der Waals surface area contributed by atoms with Crippen LogP contribution in [0.15, 0.2) is 29.2 Å². The summed E-state index contributed by atoms with van der Waals surface area (Å²) in [6, 6.07) is 6.54.